The number of phenols is 1. The number of benzene rings is 1. The Labute approximate surface area is 80.2 Å². The molecular weight excluding hydrogens is 184 g/mol. The number of hydrogen-bond acceptors (Lipinski definition) is 4. The number of rotatable bonds is 2. The van der Waals surface area contributed by atoms with Crippen molar-refractivity contribution in [1.82, 2.24) is 4.37 Å². The Kier molecular flexibility index (Phi) is 2.06. The van der Waals surface area contributed by atoms with Crippen molar-refractivity contribution in [3.8, 4) is 5.75 Å². The minimum atomic E-state index is 0.291. The van der Waals surface area contributed by atoms with Crippen LogP contribution in [0.25, 0.3) is 10.1 Å². The van der Waals surface area contributed by atoms with E-state index in [-0.39, 0.29) is 0 Å². The Balaban J connectivity index is 2.55. The molecule has 0 aliphatic rings. The van der Waals surface area contributed by atoms with Crippen LogP contribution in [0.15, 0.2) is 18.2 Å². The summed E-state index contributed by atoms with van der Waals surface area (Å²) in [5.41, 5.74) is 0. The lowest BCUT2D eigenvalue weighted by atomic mass is 10.2. The maximum absolute atomic E-state index is 9.23. The van der Waals surface area contributed by atoms with E-state index in [2.05, 4.69) is 9.69 Å². The van der Waals surface area contributed by atoms with Crippen LogP contribution in [0.5, 0.6) is 5.75 Å². The minimum absolute atomic E-state index is 0.291. The van der Waals surface area contributed by atoms with Crippen molar-refractivity contribution in [2.24, 2.45) is 0 Å². The Morgan fingerprint density at radius 2 is 2.38 bits per heavy atom. The highest BCUT2D eigenvalue weighted by Crippen LogP contribution is 2.29. The maximum Gasteiger partial charge on any atom is 0.147 e. The van der Waals surface area contributed by atoms with E-state index in [1.165, 1.54) is 11.5 Å². The van der Waals surface area contributed by atoms with Gasteiger partial charge in [-0.1, -0.05) is 0 Å². The fraction of sp³-hybridized carbons (Fsp3) is 0.222. The summed E-state index contributed by atoms with van der Waals surface area (Å²) in [5.74, 6) is 1.20. The molecule has 0 bridgehead atoms. The molecule has 0 saturated heterocycles. The van der Waals surface area contributed by atoms with E-state index in [0.717, 1.165) is 22.4 Å². The second-order valence-corrected chi connectivity index (χ2v) is 3.55. The van der Waals surface area contributed by atoms with Gasteiger partial charge in [-0.25, -0.2) is 0 Å². The summed E-state index contributed by atoms with van der Waals surface area (Å²) in [4.78, 5) is 0. The summed E-state index contributed by atoms with van der Waals surface area (Å²) in [6, 6.07) is 5.29. The number of aromatic nitrogens is 1. The fourth-order valence-corrected chi connectivity index (χ4v) is 2.01. The van der Waals surface area contributed by atoms with Gasteiger partial charge in [0, 0.05) is 11.9 Å². The lowest BCUT2D eigenvalue weighted by molar-refractivity contribution is 0.476. The van der Waals surface area contributed by atoms with Crippen LogP contribution < -0.4 is 5.32 Å². The fourth-order valence-electron chi connectivity index (χ4n) is 1.22. The first-order valence-electron chi connectivity index (χ1n) is 4.13. The number of aromatic hydroxyl groups is 1. The van der Waals surface area contributed by atoms with Gasteiger partial charge in [-0.2, -0.15) is 4.37 Å². The van der Waals surface area contributed by atoms with E-state index in [4.69, 9.17) is 0 Å². The molecule has 0 fully saturated rings. The van der Waals surface area contributed by atoms with Gasteiger partial charge in [-0.05, 0) is 36.7 Å². The molecule has 0 amide bonds. The van der Waals surface area contributed by atoms with Crippen molar-refractivity contribution in [2.75, 3.05) is 11.9 Å². The lowest BCUT2D eigenvalue weighted by Crippen LogP contribution is -1.95. The van der Waals surface area contributed by atoms with E-state index >= 15 is 0 Å². The number of hydrogen-bond donors (Lipinski definition) is 2. The number of nitrogens with one attached hydrogen (secondary N) is 1. The van der Waals surface area contributed by atoms with Gasteiger partial charge >= 0.3 is 0 Å². The van der Waals surface area contributed by atoms with Gasteiger partial charge in [0.2, 0.25) is 0 Å². The SMILES string of the molecule is CCNc1nsc2cc(O)ccc12. The zero-order valence-corrected chi connectivity index (χ0v) is 8.06. The third kappa shape index (κ3) is 1.45. The summed E-state index contributed by atoms with van der Waals surface area (Å²) >= 11 is 1.40. The van der Waals surface area contributed by atoms with E-state index in [1.54, 1.807) is 12.1 Å². The zero-order chi connectivity index (χ0) is 9.26. The van der Waals surface area contributed by atoms with Gasteiger partial charge in [0.1, 0.15) is 11.6 Å². The number of nitrogens with zero attached hydrogens (tertiary/aromatic N) is 1. The summed E-state index contributed by atoms with van der Waals surface area (Å²) < 4.78 is 5.26. The van der Waals surface area contributed by atoms with Crippen LogP contribution in [0.3, 0.4) is 0 Å². The second-order valence-electron chi connectivity index (χ2n) is 2.74. The highest BCUT2D eigenvalue weighted by molar-refractivity contribution is 7.13. The molecule has 0 atom stereocenters. The smallest absolute Gasteiger partial charge is 0.147 e. The Bertz CT molecular complexity index is 424. The average Bonchev–Trinajstić information content (AvgIpc) is 2.49. The van der Waals surface area contributed by atoms with Gasteiger partial charge in [0.05, 0.1) is 4.70 Å². The molecule has 0 saturated carbocycles. The molecule has 0 spiro atoms. The van der Waals surface area contributed by atoms with E-state index in [9.17, 15) is 5.11 Å². The average molecular weight is 194 g/mol. The maximum atomic E-state index is 9.23. The van der Waals surface area contributed by atoms with Crippen molar-refractivity contribution in [2.45, 2.75) is 6.92 Å². The summed E-state index contributed by atoms with van der Waals surface area (Å²) in [7, 11) is 0. The first-order valence-corrected chi connectivity index (χ1v) is 4.91. The molecule has 0 unspecified atom stereocenters. The largest absolute Gasteiger partial charge is 0.508 e. The highest BCUT2D eigenvalue weighted by Gasteiger charge is 2.04. The Morgan fingerprint density at radius 3 is 3.15 bits per heavy atom. The van der Waals surface area contributed by atoms with Crippen LogP contribution in [0, 0.1) is 0 Å². The Morgan fingerprint density at radius 1 is 1.54 bits per heavy atom. The molecule has 68 valence electrons. The highest BCUT2D eigenvalue weighted by atomic mass is 32.1. The van der Waals surface area contributed by atoms with Crippen LogP contribution in [0.2, 0.25) is 0 Å². The van der Waals surface area contributed by atoms with Crippen LogP contribution in [-0.4, -0.2) is 16.0 Å². The van der Waals surface area contributed by atoms with E-state index < -0.39 is 0 Å². The molecule has 0 radical (unpaired) electrons. The van der Waals surface area contributed by atoms with E-state index in [1.807, 2.05) is 13.0 Å². The standard InChI is InChI=1S/C9H10N2OS/c1-2-10-9-7-4-3-6(12)5-8(7)13-11-9/h3-5,12H,2H2,1H3,(H,10,11). The molecule has 2 N–H and O–H groups in total. The first-order chi connectivity index (χ1) is 6.31. The molecule has 2 rings (SSSR count). The third-order valence-electron chi connectivity index (χ3n) is 1.80. The van der Waals surface area contributed by atoms with Crippen molar-refractivity contribution >= 4 is 27.4 Å². The lowest BCUT2D eigenvalue weighted by Gasteiger charge is -1.97. The number of anilines is 1. The van der Waals surface area contributed by atoms with Gasteiger partial charge in [0.15, 0.2) is 0 Å². The first kappa shape index (κ1) is 8.31. The summed E-state index contributed by atoms with van der Waals surface area (Å²) in [6.45, 7) is 2.89. The molecule has 13 heavy (non-hydrogen) atoms. The second kappa shape index (κ2) is 3.22. The van der Waals surface area contributed by atoms with Crippen molar-refractivity contribution in [3.05, 3.63) is 18.2 Å². The van der Waals surface area contributed by atoms with Crippen LogP contribution >= 0.6 is 11.5 Å². The Hall–Kier alpha value is -1.29. The predicted octanol–water partition coefficient (Wildman–Crippen LogP) is 2.43. The van der Waals surface area contributed by atoms with Gasteiger partial charge in [-0.15, -0.1) is 0 Å². The molecule has 0 aliphatic heterocycles. The molecular formula is C9H10N2OS. The van der Waals surface area contributed by atoms with E-state index in [0.29, 0.717) is 5.75 Å². The van der Waals surface area contributed by atoms with Crippen molar-refractivity contribution in [1.29, 1.82) is 0 Å². The summed E-state index contributed by atoms with van der Waals surface area (Å²) in [6.07, 6.45) is 0. The zero-order valence-electron chi connectivity index (χ0n) is 7.24. The van der Waals surface area contributed by atoms with Crippen LogP contribution in [0.4, 0.5) is 5.82 Å². The molecule has 1 heterocycles. The van der Waals surface area contributed by atoms with Gasteiger partial charge in [0.25, 0.3) is 0 Å². The third-order valence-corrected chi connectivity index (χ3v) is 2.61. The van der Waals surface area contributed by atoms with Crippen LogP contribution in [0.1, 0.15) is 6.92 Å². The van der Waals surface area contributed by atoms with Gasteiger partial charge < -0.3 is 10.4 Å². The summed E-state index contributed by atoms with van der Waals surface area (Å²) in [5, 5.41) is 13.5. The molecule has 2 aromatic rings. The normalized spacial score (nSPS) is 10.5. The quantitative estimate of drug-likeness (QED) is 0.771. The predicted molar refractivity (Wildman–Crippen MR) is 55.4 cm³/mol. The molecule has 3 nitrogen and oxygen atoms in total. The molecule has 0 aliphatic carbocycles. The molecule has 1 aromatic heterocycles. The van der Waals surface area contributed by atoms with Crippen LogP contribution in [-0.2, 0) is 0 Å². The monoisotopic (exact) mass is 194 g/mol. The minimum Gasteiger partial charge on any atom is -0.508 e. The van der Waals surface area contributed by atoms with Crippen molar-refractivity contribution < 1.29 is 5.11 Å². The van der Waals surface area contributed by atoms with Crippen molar-refractivity contribution in [3.63, 3.8) is 0 Å². The molecule has 4 heteroatoms. The number of fused-ring (bicyclic) bond motifs is 1. The topological polar surface area (TPSA) is 45.2 Å². The van der Waals surface area contributed by atoms with Gasteiger partial charge in [-0.3, -0.25) is 0 Å². The molecule has 1 aromatic carbocycles. The number of phenolic OH excluding ortho intramolecular Hbond substituents is 1.